The summed E-state index contributed by atoms with van der Waals surface area (Å²) < 4.78 is 0. The summed E-state index contributed by atoms with van der Waals surface area (Å²) in [7, 11) is 0. The number of carbonyl (C=O) groups excluding carboxylic acids is 1. The number of amides is 1. The van der Waals surface area contributed by atoms with E-state index in [0.717, 1.165) is 12.8 Å². The number of nitrogens with zero attached hydrogens (tertiary/aromatic N) is 1. The molecule has 1 saturated heterocycles. The van der Waals surface area contributed by atoms with E-state index in [-0.39, 0.29) is 13.6 Å². The van der Waals surface area contributed by atoms with Crippen molar-refractivity contribution < 1.29 is 14.8 Å². The van der Waals surface area contributed by atoms with Crippen molar-refractivity contribution in [1.29, 1.82) is 0 Å². The average Bonchev–Trinajstić information content (AvgIpc) is 2.31. The summed E-state index contributed by atoms with van der Waals surface area (Å²) in [6.07, 6.45) is 5.78. The van der Waals surface area contributed by atoms with Gasteiger partial charge in [0.15, 0.2) is 0 Å². The van der Waals surface area contributed by atoms with Gasteiger partial charge in [0.05, 0.1) is 0 Å². The normalized spacial score (nSPS) is 25.1. The fourth-order valence-corrected chi connectivity index (χ4v) is 1.23. The van der Waals surface area contributed by atoms with Gasteiger partial charge in [-0.15, -0.1) is 0 Å². The fraction of sp³-hybridized carbons (Fsp3) is 0.500. The number of fused-ring (bicyclic) bond motifs is 1. The highest BCUT2D eigenvalue weighted by Gasteiger charge is 2.35. The molecule has 0 aromatic heterocycles. The summed E-state index contributed by atoms with van der Waals surface area (Å²) in [5.41, 5.74) is 0. The molecule has 0 spiro atoms. The van der Waals surface area contributed by atoms with E-state index in [4.69, 9.17) is 10.0 Å². The zero-order chi connectivity index (χ0) is 8.27. The minimum absolute atomic E-state index is 0. The third-order valence-corrected chi connectivity index (χ3v) is 1.77. The first-order chi connectivity index (χ1) is 5.29. The van der Waals surface area contributed by atoms with Gasteiger partial charge in [-0.1, -0.05) is 6.08 Å². The number of rotatable bonds is 0. The molecule has 2 aliphatic rings. The highest BCUT2D eigenvalue weighted by atomic mass is 16.4. The van der Waals surface area contributed by atoms with E-state index < -0.39 is 0 Å². The molecular formula is C6H9BNO3. The first kappa shape index (κ1) is 8.29. The molecule has 0 bridgehead atoms. The van der Waals surface area contributed by atoms with E-state index >= 15 is 0 Å². The molecule has 2 N–H and O–H groups in total. The number of carbonyl (C=O) groups is 1. The second-order valence-corrected chi connectivity index (χ2v) is 2.39. The maximum Gasteiger partial charge on any atom is 0.482 e. The number of β-lactam (4-membered cyclic amide) rings is 1. The standard InChI is InChI=1S/C6H7NO.BH2O2/c8-6-4-5-2-1-3-7(5)6;2-1-3/h1,3,5H,2,4H2;2-3H/t5-;/m1./s1. The molecule has 2 rings (SSSR count). The van der Waals surface area contributed by atoms with E-state index in [1.54, 1.807) is 4.90 Å². The van der Waals surface area contributed by atoms with Crippen LogP contribution in [0.3, 0.4) is 0 Å². The van der Waals surface area contributed by atoms with Crippen LogP contribution < -0.4 is 0 Å². The summed E-state index contributed by atoms with van der Waals surface area (Å²) in [4.78, 5) is 12.4. The van der Waals surface area contributed by atoms with Crippen molar-refractivity contribution in [3.63, 3.8) is 0 Å². The third-order valence-electron chi connectivity index (χ3n) is 1.77. The highest BCUT2D eigenvalue weighted by Crippen LogP contribution is 2.27. The smallest absolute Gasteiger partial charge is 0.429 e. The van der Waals surface area contributed by atoms with Crippen molar-refractivity contribution in [1.82, 2.24) is 4.90 Å². The highest BCUT2D eigenvalue weighted by molar-refractivity contribution is 6.13. The summed E-state index contributed by atoms with van der Waals surface area (Å²) in [5.74, 6) is 0.281. The van der Waals surface area contributed by atoms with Crippen LogP contribution in [0.2, 0.25) is 0 Å². The van der Waals surface area contributed by atoms with Gasteiger partial charge >= 0.3 is 7.69 Å². The Kier molecular flexibility index (Phi) is 2.67. The Morgan fingerprint density at radius 1 is 1.64 bits per heavy atom. The van der Waals surface area contributed by atoms with E-state index in [1.807, 2.05) is 6.20 Å². The Morgan fingerprint density at radius 3 is 2.64 bits per heavy atom. The van der Waals surface area contributed by atoms with Gasteiger partial charge in [0.1, 0.15) is 0 Å². The van der Waals surface area contributed by atoms with E-state index in [0.29, 0.717) is 6.04 Å². The van der Waals surface area contributed by atoms with Gasteiger partial charge in [-0.25, -0.2) is 0 Å². The summed E-state index contributed by atoms with van der Waals surface area (Å²) in [5, 5.41) is 14.0. The Balaban J connectivity index is 0.000000179. The summed E-state index contributed by atoms with van der Waals surface area (Å²) >= 11 is 0. The van der Waals surface area contributed by atoms with Crippen LogP contribution in [0.5, 0.6) is 0 Å². The van der Waals surface area contributed by atoms with Crippen LogP contribution in [-0.4, -0.2) is 34.6 Å². The molecule has 0 saturated carbocycles. The fourth-order valence-electron chi connectivity index (χ4n) is 1.23. The molecule has 4 nitrogen and oxygen atoms in total. The Morgan fingerprint density at radius 2 is 2.27 bits per heavy atom. The van der Waals surface area contributed by atoms with Crippen LogP contribution in [0.15, 0.2) is 12.3 Å². The van der Waals surface area contributed by atoms with Crippen molar-refractivity contribution in [2.45, 2.75) is 18.9 Å². The predicted octanol–water partition coefficient (Wildman–Crippen LogP) is -0.990. The molecular weight excluding hydrogens is 145 g/mol. The van der Waals surface area contributed by atoms with Gasteiger partial charge < -0.3 is 14.9 Å². The Hall–Kier alpha value is -0.805. The molecule has 59 valence electrons. The lowest BCUT2D eigenvalue weighted by Crippen LogP contribution is -2.45. The Bertz CT molecular complexity index is 183. The zero-order valence-electron chi connectivity index (χ0n) is 5.97. The lowest BCUT2D eigenvalue weighted by Gasteiger charge is -2.32. The molecule has 1 fully saturated rings. The second-order valence-electron chi connectivity index (χ2n) is 2.39. The van der Waals surface area contributed by atoms with Crippen molar-refractivity contribution in [3.05, 3.63) is 12.3 Å². The van der Waals surface area contributed by atoms with Gasteiger partial charge in [-0.3, -0.25) is 4.79 Å². The molecule has 0 unspecified atom stereocenters. The van der Waals surface area contributed by atoms with E-state index in [2.05, 4.69) is 6.08 Å². The van der Waals surface area contributed by atoms with Gasteiger partial charge in [0.2, 0.25) is 5.91 Å². The topological polar surface area (TPSA) is 60.8 Å². The molecule has 1 atom stereocenters. The zero-order valence-corrected chi connectivity index (χ0v) is 5.97. The second kappa shape index (κ2) is 3.55. The lowest BCUT2D eigenvalue weighted by molar-refractivity contribution is -0.140. The maximum atomic E-state index is 10.6. The first-order valence-electron chi connectivity index (χ1n) is 3.37. The van der Waals surface area contributed by atoms with Crippen LogP contribution >= 0.6 is 0 Å². The van der Waals surface area contributed by atoms with Crippen LogP contribution in [0.1, 0.15) is 12.8 Å². The van der Waals surface area contributed by atoms with E-state index in [9.17, 15) is 4.79 Å². The van der Waals surface area contributed by atoms with Crippen LogP contribution in [-0.2, 0) is 4.79 Å². The molecule has 0 aromatic rings. The van der Waals surface area contributed by atoms with Gasteiger partial charge in [-0.2, -0.15) is 0 Å². The van der Waals surface area contributed by atoms with Crippen LogP contribution in [0, 0.1) is 0 Å². The molecule has 5 heteroatoms. The Labute approximate surface area is 65.4 Å². The molecule has 1 amide bonds. The van der Waals surface area contributed by atoms with Crippen molar-refractivity contribution in [2.24, 2.45) is 0 Å². The SMILES string of the molecule is O=C1C[C@H]2CC=CN12.O[B]O. The predicted molar refractivity (Wildman–Crippen MR) is 39.2 cm³/mol. The molecule has 11 heavy (non-hydrogen) atoms. The molecule has 2 heterocycles. The van der Waals surface area contributed by atoms with Gasteiger partial charge in [-0.05, 0) is 6.42 Å². The monoisotopic (exact) mass is 154 g/mol. The van der Waals surface area contributed by atoms with Gasteiger partial charge in [0.25, 0.3) is 0 Å². The average molecular weight is 154 g/mol. The quantitative estimate of drug-likeness (QED) is 0.347. The molecule has 1 radical (unpaired) electrons. The van der Waals surface area contributed by atoms with Gasteiger partial charge in [0, 0.05) is 18.7 Å². The van der Waals surface area contributed by atoms with Crippen LogP contribution in [0.25, 0.3) is 0 Å². The van der Waals surface area contributed by atoms with Crippen molar-refractivity contribution in [2.75, 3.05) is 0 Å². The largest absolute Gasteiger partial charge is 0.482 e. The summed E-state index contributed by atoms with van der Waals surface area (Å²) in [6.45, 7) is 0. The van der Waals surface area contributed by atoms with Crippen LogP contribution in [0.4, 0.5) is 0 Å². The maximum absolute atomic E-state index is 10.6. The molecule has 0 aromatic carbocycles. The minimum Gasteiger partial charge on any atom is -0.429 e. The number of hydrogen-bond acceptors (Lipinski definition) is 3. The van der Waals surface area contributed by atoms with Crippen molar-refractivity contribution >= 4 is 13.6 Å². The molecule has 0 aliphatic carbocycles. The minimum atomic E-state index is 0. The molecule has 2 aliphatic heterocycles. The first-order valence-corrected chi connectivity index (χ1v) is 3.37. The van der Waals surface area contributed by atoms with E-state index in [1.165, 1.54) is 0 Å². The third kappa shape index (κ3) is 1.61. The lowest BCUT2D eigenvalue weighted by atomic mass is 10.0. The van der Waals surface area contributed by atoms with Crippen molar-refractivity contribution in [3.8, 4) is 0 Å². The number of hydrogen-bond donors (Lipinski definition) is 2. The summed E-state index contributed by atoms with van der Waals surface area (Å²) in [6, 6.07) is 0.544.